The van der Waals surface area contributed by atoms with Crippen LogP contribution in [0.3, 0.4) is 0 Å². The van der Waals surface area contributed by atoms with Gasteiger partial charge in [0, 0.05) is 5.38 Å². The molecular weight excluding hydrogens is 308 g/mol. The van der Waals surface area contributed by atoms with E-state index in [1.165, 1.54) is 23.5 Å². The SMILES string of the molecule is Cc1cscc1C(=O)NC(C)c1cccc(S(N)(=O)=O)c1. The van der Waals surface area contributed by atoms with Crippen LogP contribution in [0.15, 0.2) is 39.9 Å². The van der Waals surface area contributed by atoms with Crippen LogP contribution in [-0.4, -0.2) is 14.3 Å². The number of rotatable bonds is 4. The van der Waals surface area contributed by atoms with E-state index in [9.17, 15) is 13.2 Å². The third-order valence-corrected chi connectivity index (χ3v) is 4.91. The molecule has 1 atom stereocenters. The lowest BCUT2D eigenvalue weighted by Gasteiger charge is -2.15. The Morgan fingerprint density at radius 1 is 1.33 bits per heavy atom. The molecule has 1 aromatic carbocycles. The Hall–Kier alpha value is -1.70. The van der Waals surface area contributed by atoms with Crippen LogP contribution in [-0.2, 0) is 10.0 Å². The maximum Gasteiger partial charge on any atom is 0.252 e. The van der Waals surface area contributed by atoms with Gasteiger partial charge < -0.3 is 5.32 Å². The maximum absolute atomic E-state index is 12.1. The average Bonchev–Trinajstić information content (AvgIpc) is 2.84. The Bertz CT molecular complexity index is 766. The average molecular weight is 324 g/mol. The molecule has 112 valence electrons. The molecular formula is C14H16N2O3S2. The molecule has 1 aromatic heterocycles. The number of hydrogen-bond donors (Lipinski definition) is 2. The molecule has 1 unspecified atom stereocenters. The summed E-state index contributed by atoms with van der Waals surface area (Å²) in [6.07, 6.45) is 0. The second kappa shape index (κ2) is 5.97. The summed E-state index contributed by atoms with van der Waals surface area (Å²) in [6.45, 7) is 3.67. The Morgan fingerprint density at radius 2 is 2.05 bits per heavy atom. The van der Waals surface area contributed by atoms with Crippen LogP contribution in [0.5, 0.6) is 0 Å². The van der Waals surface area contributed by atoms with Crippen molar-refractivity contribution in [2.45, 2.75) is 24.8 Å². The van der Waals surface area contributed by atoms with Gasteiger partial charge in [-0.1, -0.05) is 12.1 Å². The van der Waals surface area contributed by atoms with E-state index in [0.29, 0.717) is 11.1 Å². The van der Waals surface area contributed by atoms with Crippen LogP contribution >= 0.6 is 11.3 Å². The van der Waals surface area contributed by atoms with Crippen molar-refractivity contribution in [3.05, 3.63) is 51.7 Å². The van der Waals surface area contributed by atoms with Gasteiger partial charge in [0.1, 0.15) is 0 Å². The zero-order valence-corrected chi connectivity index (χ0v) is 13.3. The van der Waals surface area contributed by atoms with Crippen molar-refractivity contribution in [1.82, 2.24) is 5.32 Å². The van der Waals surface area contributed by atoms with E-state index < -0.39 is 10.0 Å². The summed E-state index contributed by atoms with van der Waals surface area (Å²) in [5.41, 5.74) is 2.24. The molecule has 2 aromatic rings. The molecule has 0 radical (unpaired) electrons. The summed E-state index contributed by atoms with van der Waals surface area (Å²) in [6, 6.07) is 5.93. The molecule has 0 bridgehead atoms. The van der Waals surface area contributed by atoms with E-state index in [0.717, 1.165) is 5.56 Å². The molecule has 0 saturated carbocycles. The first-order valence-corrected chi connectivity index (χ1v) is 8.74. The van der Waals surface area contributed by atoms with Crippen LogP contribution in [0.25, 0.3) is 0 Å². The van der Waals surface area contributed by atoms with Crippen LogP contribution in [0.1, 0.15) is 34.5 Å². The molecule has 1 heterocycles. The van der Waals surface area contributed by atoms with Gasteiger partial charge in [-0.15, -0.1) is 0 Å². The number of nitrogens with one attached hydrogen (secondary N) is 1. The largest absolute Gasteiger partial charge is 0.345 e. The number of primary sulfonamides is 1. The highest BCUT2D eigenvalue weighted by molar-refractivity contribution is 7.89. The highest BCUT2D eigenvalue weighted by Gasteiger charge is 2.15. The fourth-order valence-electron chi connectivity index (χ4n) is 1.91. The third kappa shape index (κ3) is 3.69. The summed E-state index contributed by atoms with van der Waals surface area (Å²) < 4.78 is 22.7. The lowest BCUT2D eigenvalue weighted by atomic mass is 10.1. The van der Waals surface area contributed by atoms with Crippen LogP contribution in [0.4, 0.5) is 0 Å². The quantitative estimate of drug-likeness (QED) is 0.903. The Labute approximate surface area is 127 Å². The standard InChI is InChI=1S/C14H16N2O3S2/c1-9-7-20-8-13(9)14(17)16-10(2)11-4-3-5-12(6-11)21(15,18)19/h3-8,10H,1-2H3,(H,16,17)(H2,15,18,19). The van der Waals surface area contributed by atoms with Gasteiger partial charge in [0.15, 0.2) is 0 Å². The van der Waals surface area contributed by atoms with Crippen LogP contribution in [0, 0.1) is 6.92 Å². The molecule has 3 N–H and O–H groups in total. The fraction of sp³-hybridized carbons (Fsp3) is 0.214. The van der Waals surface area contributed by atoms with E-state index >= 15 is 0 Å². The second-order valence-corrected chi connectivity index (χ2v) is 7.09. The number of sulfonamides is 1. The monoisotopic (exact) mass is 324 g/mol. The topological polar surface area (TPSA) is 89.3 Å². The number of benzene rings is 1. The number of amides is 1. The van der Waals surface area contributed by atoms with E-state index in [4.69, 9.17) is 5.14 Å². The first kappa shape index (κ1) is 15.7. The highest BCUT2D eigenvalue weighted by Crippen LogP contribution is 2.19. The van der Waals surface area contributed by atoms with E-state index in [1.807, 2.05) is 12.3 Å². The van der Waals surface area contributed by atoms with Gasteiger partial charge in [-0.2, -0.15) is 11.3 Å². The van der Waals surface area contributed by atoms with Gasteiger partial charge in [-0.3, -0.25) is 4.79 Å². The predicted molar refractivity (Wildman–Crippen MR) is 82.8 cm³/mol. The molecule has 5 nitrogen and oxygen atoms in total. The molecule has 0 aliphatic heterocycles. The minimum absolute atomic E-state index is 0.0350. The molecule has 7 heteroatoms. The number of carbonyl (C=O) groups is 1. The van der Waals surface area contributed by atoms with Gasteiger partial charge >= 0.3 is 0 Å². The second-order valence-electron chi connectivity index (χ2n) is 4.78. The van der Waals surface area contributed by atoms with Gasteiger partial charge in [-0.25, -0.2) is 13.6 Å². The van der Waals surface area contributed by atoms with Crippen LogP contribution in [0.2, 0.25) is 0 Å². The summed E-state index contributed by atoms with van der Waals surface area (Å²) in [5, 5.41) is 11.7. The van der Waals surface area contributed by atoms with Crippen molar-refractivity contribution in [2.75, 3.05) is 0 Å². The molecule has 1 amide bonds. The molecule has 0 aliphatic rings. The molecule has 0 saturated heterocycles. The van der Waals surface area contributed by atoms with E-state index in [1.54, 1.807) is 24.4 Å². The third-order valence-electron chi connectivity index (χ3n) is 3.13. The van der Waals surface area contributed by atoms with Gasteiger partial charge in [0.25, 0.3) is 5.91 Å². The lowest BCUT2D eigenvalue weighted by molar-refractivity contribution is 0.0939. The highest BCUT2D eigenvalue weighted by atomic mass is 32.2. The molecule has 0 aliphatic carbocycles. The normalized spacial score (nSPS) is 12.9. The summed E-state index contributed by atoms with van der Waals surface area (Å²) in [4.78, 5) is 12.2. The van der Waals surface area contributed by atoms with Crippen molar-refractivity contribution >= 4 is 27.3 Å². The zero-order valence-electron chi connectivity index (χ0n) is 11.7. The number of aryl methyl sites for hydroxylation is 1. The van der Waals surface area contributed by atoms with Gasteiger partial charge in [0.05, 0.1) is 16.5 Å². The fourth-order valence-corrected chi connectivity index (χ4v) is 3.31. The smallest absolute Gasteiger partial charge is 0.252 e. The van der Waals surface area contributed by atoms with Crippen molar-refractivity contribution in [3.63, 3.8) is 0 Å². The minimum atomic E-state index is -3.75. The zero-order chi connectivity index (χ0) is 15.6. The number of thiophene rings is 1. The Kier molecular flexibility index (Phi) is 4.46. The molecule has 0 fully saturated rings. The van der Waals surface area contributed by atoms with E-state index in [2.05, 4.69) is 5.32 Å². The lowest BCUT2D eigenvalue weighted by Crippen LogP contribution is -2.27. The summed E-state index contributed by atoms with van der Waals surface area (Å²) in [5.74, 6) is -0.178. The van der Waals surface area contributed by atoms with E-state index in [-0.39, 0.29) is 16.8 Å². The number of carbonyl (C=O) groups excluding carboxylic acids is 1. The van der Waals surface area contributed by atoms with Crippen molar-refractivity contribution in [3.8, 4) is 0 Å². The van der Waals surface area contributed by atoms with Crippen molar-refractivity contribution in [2.24, 2.45) is 5.14 Å². The molecule has 2 rings (SSSR count). The molecule has 0 spiro atoms. The Morgan fingerprint density at radius 3 is 2.62 bits per heavy atom. The van der Waals surface area contributed by atoms with Crippen LogP contribution < -0.4 is 10.5 Å². The summed E-state index contributed by atoms with van der Waals surface area (Å²) in [7, 11) is -3.75. The van der Waals surface area contributed by atoms with Gasteiger partial charge in [-0.05, 0) is 42.5 Å². The van der Waals surface area contributed by atoms with Crippen molar-refractivity contribution < 1.29 is 13.2 Å². The first-order chi connectivity index (χ1) is 9.79. The summed E-state index contributed by atoms with van der Waals surface area (Å²) >= 11 is 1.47. The number of nitrogens with two attached hydrogens (primary N) is 1. The number of hydrogen-bond acceptors (Lipinski definition) is 4. The maximum atomic E-state index is 12.1. The Balaban J connectivity index is 2.19. The first-order valence-electron chi connectivity index (χ1n) is 6.25. The molecule has 21 heavy (non-hydrogen) atoms. The van der Waals surface area contributed by atoms with Gasteiger partial charge in [0.2, 0.25) is 10.0 Å². The minimum Gasteiger partial charge on any atom is -0.345 e. The predicted octanol–water partition coefficient (Wildman–Crippen LogP) is 2.19. The van der Waals surface area contributed by atoms with Crippen molar-refractivity contribution in [1.29, 1.82) is 0 Å².